The van der Waals surface area contributed by atoms with Gasteiger partial charge in [-0.1, -0.05) is 18.2 Å². The van der Waals surface area contributed by atoms with Crippen molar-refractivity contribution in [3.63, 3.8) is 0 Å². The molecule has 2 nitrogen and oxygen atoms in total. The van der Waals surface area contributed by atoms with Gasteiger partial charge < -0.3 is 4.98 Å². The minimum atomic E-state index is -0.916. The standard InChI is InChI=1S/C13H7F2IN2/c14-8-5-6-10-12(11(8)15)18-13(17-10)7-3-1-2-4-9(7)16/h1-6H,(H,17,18). The van der Waals surface area contributed by atoms with Crippen molar-refractivity contribution >= 4 is 33.6 Å². The van der Waals surface area contributed by atoms with Gasteiger partial charge in [0.1, 0.15) is 11.3 Å². The summed E-state index contributed by atoms with van der Waals surface area (Å²) in [6.07, 6.45) is 0. The van der Waals surface area contributed by atoms with Crippen LogP contribution in [0.25, 0.3) is 22.4 Å². The van der Waals surface area contributed by atoms with Gasteiger partial charge in [0.15, 0.2) is 11.6 Å². The van der Waals surface area contributed by atoms with Crippen LogP contribution >= 0.6 is 22.6 Å². The highest BCUT2D eigenvalue weighted by atomic mass is 127. The smallest absolute Gasteiger partial charge is 0.186 e. The summed E-state index contributed by atoms with van der Waals surface area (Å²) in [5.41, 5.74) is 1.39. The third-order valence-electron chi connectivity index (χ3n) is 2.67. The second kappa shape index (κ2) is 4.31. The van der Waals surface area contributed by atoms with Gasteiger partial charge in [0.25, 0.3) is 0 Å². The Hall–Kier alpha value is -1.50. The molecule has 0 fully saturated rings. The van der Waals surface area contributed by atoms with E-state index in [4.69, 9.17) is 0 Å². The van der Waals surface area contributed by atoms with Crippen molar-refractivity contribution in [2.45, 2.75) is 0 Å². The van der Waals surface area contributed by atoms with Crippen LogP contribution in [0, 0.1) is 15.2 Å². The van der Waals surface area contributed by atoms with Crippen LogP contribution < -0.4 is 0 Å². The normalized spacial score (nSPS) is 11.1. The molecule has 0 bridgehead atoms. The molecule has 5 heteroatoms. The number of aromatic nitrogens is 2. The summed E-state index contributed by atoms with van der Waals surface area (Å²) >= 11 is 2.18. The molecule has 90 valence electrons. The van der Waals surface area contributed by atoms with Crippen LogP contribution in [0.4, 0.5) is 8.78 Å². The molecule has 0 atom stereocenters. The molecule has 18 heavy (non-hydrogen) atoms. The summed E-state index contributed by atoms with van der Waals surface area (Å²) in [6, 6.07) is 10.2. The largest absolute Gasteiger partial charge is 0.338 e. The highest BCUT2D eigenvalue weighted by molar-refractivity contribution is 14.1. The first-order valence-corrected chi connectivity index (χ1v) is 6.33. The molecule has 0 aliphatic heterocycles. The van der Waals surface area contributed by atoms with Crippen LogP contribution in [-0.2, 0) is 0 Å². The summed E-state index contributed by atoms with van der Waals surface area (Å²) in [4.78, 5) is 7.13. The van der Waals surface area contributed by atoms with Crippen LogP contribution in [0.1, 0.15) is 0 Å². The first kappa shape index (κ1) is 11.6. The molecule has 0 spiro atoms. The molecule has 3 rings (SSSR count). The minimum absolute atomic E-state index is 0.0321. The van der Waals surface area contributed by atoms with Crippen molar-refractivity contribution in [1.29, 1.82) is 0 Å². The van der Waals surface area contributed by atoms with E-state index in [1.54, 1.807) is 0 Å². The van der Waals surface area contributed by atoms with Crippen LogP contribution in [0.5, 0.6) is 0 Å². The molecule has 1 N–H and O–H groups in total. The monoisotopic (exact) mass is 356 g/mol. The van der Waals surface area contributed by atoms with Crippen LogP contribution in [-0.4, -0.2) is 9.97 Å². The zero-order valence-corrected chi connectivity index (χ0v) is 11.2. The average molecular weight is 356 g/mol. The molecule has 2 aromatic carbocycles. The fourth-order valence-electron chi connectivity index (χ4n) is 1.80. The Kier molecular flexibility index (Phi) is 2.77. The topological polar surface area (TPSA) is 28.7 Å². The van der Waals surface area contributed by atoms with Crippen LogP contribution in [0.3, 0.4) is 0 Å². The maximum Gasteiger partial charge on any atom is 0.186 e. The van der Waals surface area contributed by atoms with E-state index in [1.807, 2.05) is 24.3 Å². The molecule has 1 heterocycles. The number of hydrogen-bond donors (Lipinski definition) is 1. The Labute approximate surface area is 115 Å². The molecule has 1 aromatic heterocycles. The molecule has 0 aliphatic rings. The molecular formula is C13H7F2IN2. The van der Waals surface area contributed by atoms with E-state index in [2.05, 4.69) is 32.6 Å². The molecule has 0 amide bonds. The van der Waals surface area contributed by atoms with Gasteiger partial charge in [-0.2, -0.15) is 0 Å². The summed E-state index contributed by atoms with van der Waals surface area (Å²) in [5, 5.41) is 0. The van der Waals surface area contributed by atoms with Gasteiger partial charge in [-0.05, 0) is 40.8 Å². The Balaban J connectivity index is 2.26. The van der Waals surface area contributed by atoms with E-state index < -0.39 is 11.6 Å². The van der Waals surface area contributed by atoms with Gasteiger partial charge in [-0.3, -0.25) is 0 Å². The number of hydrogen-bond acceptors (Lipinski definition) is 1. The number of H-pyrrole nitrogens is 1. The Morgan fingerprint density at radius 2 is 1.83 bits per heavy atom. The number of nitrogens with one attached hydrogen (secondary N) is 1. The molecule has 0 radical (unpaired) electrons. The molecule has 0 saturated carbocycles. The zero-order chi connectivity index (χ0) is 12.7. The number of rotatable bonds is 1. The Morgan fingerprint density at radius 1 is 1.06 bits per heavy atom. The fourth-order valence-corrected chi connectivity index (χ4v) is 2.44. The van der Waals surface area contributed by atoms with Crippen molar-refractivity contribution in [3.8, 4) is 11.4 Å². The number of fused-ring (bicyclic) bond motifs is 1. The molecule has 0 aliphatic carbocycles. The van der Waals surface area contributed by atoms with E-state index in [0.29, 0.717) is 11.3 Å². The van der Waals surface area contributed by atoms with E-state index in [-0.39, 0.29) is 5.52 Å². The lowest BCUT2D eigenvalue weighted by atomic mass is 10.2. The summed E-state index contributed by atoms with van der Waals surface area (Å²) in [7, 11) is 0. The third kappa shape index (κ3) is 1.78. The number of nitrogens with zero attached hydrogens (tertiary/aromatic N) is 1. The molecular weight excluding hydrogens is 349 g/mol. The summed E-state index contributed by atoms with van der Waals surface area (Å²) in [5.74, 6) is -1.26. The number of imidazole rings is 1. The van der Waals surface area contributed by atoms with E-state index in [0.717, 1.165) is 15.2 Å². The highest BCUT2D eigenvalue weighted by Crippen LogP contribution is 2.26. The van der Waals surface area contributed by atoms with Crippen molar-refractivity contribution < 1.29 is 8.78 Å². The van der Waals surface area contributed by atoms with Crippen molar-refractivity contribution in [2.75, 3.05) is 0 Å². The SMILES string of the molecule is Fc1ccc2[nH]c(-c3ccccc3I)nc2c1F. The lowest BCUT2D eigenvalue weighted by Gasteiger charge is -1.98. The van der Waals surface area contributed by atoms with Crippen molar-refractivity contribution in [1.82, 2.24) is 9.97 Å². The maximum absolute atomic E-state index is 13.6. The Morgan fingerprint density at radius 3 is 2.61 bits per heavy atom. The maximum atomic E-state index is 13.6. The highest BCUT2D eigenvalue weighted by Gasteiger charge is 2.13. The van der Waals surface area contributed by atoms with Gasteiger partial charge in [0, 0.05) is 9.13 Å². The van der Waals surface area contributed by atoms with E-state index >= 15 is 0 Å². The van der Waals surface area contributed by atoms with Crippen LogP contribution in [0.15, 0.2) is 36.4 Å². The summed E-state index contributed by atoms with van der Waals surface area (Å²) < 4.78 is 27.7. The van der Waals surface area contributed by atoms with E-state index in [1.165, 1.54) is 6.07 Å². The van der Waals surface area contributed by atoms with Crippen molar-refractivity contribution in [3.05, 3.63) is 51.6 Å². The number of halogens is 3. The molecule has 0 unspecified atom stereocenters. The van der Waals surface area contributed by atoms with Gasteiger partial charge in [0.05, 0.1) is 5.52 Å². The lowest BCUT2D eigenvalue weighted by Crippen LogP contribution is -1.85. The van der Waals surface area contributed by atoms with Gasteiger partial charge >= 0.3 is 0 Å². The predicted molar refractivity (Wildman–Crippen MR) is 74.2 cm³/mol. The van der Waals surface area contributed by atoms with Gasteiger partial charge in [0.2, 0.25) is 0 Å². The molecule has 0 saturated heterocycles. The predicted octanol–water partition coefficient (Wildman–Crippen LogP) is 4.11. The van der Waals surface area contributed by atoms with Gasteiger partial charge in [-0.25, -0.2) is 13.8 Å². The Bertz CT molecular complexity index is 737. The third-order valence-corrected chi connectivity index (χ3v) is 3.62. The lowest BCUT2D eigenvalue weighted by molar-refractivity contribution is 0.515. The second-order valence-electron chi connectivity index (χ2n) is 3.82. The second-order valence-corrected chi connectivity index (χ2v) is 4.98. The quantitative estimate of drug-likeness (QED) is 0.653. The fraction of sp³-hybridized carbons (Fsp3) is 0. The first-order valence-electron chi connectivity index (χ1n) is 5.25. The van der Waals surface area contributed by atoms with Crippen molar-refractivity contribution in [2.24, 2.45) is 0 Å². The summed E-state index contributed by atoms with van der Waals surface area (Å²) in [6.45, 7) is 0. The first-order chi connectivity index (χ1) is 8.66. The number of aromatic amines is 1. The van der Waals surface area contributed by atoms with Gasteiger partial charge in [-0.15, -0.1) is 0 Å². The minimum Gasteiger partial charge on any atom is -0.338 e. The zero-order valence-electron chi connectivity index (χ0n) is 9.05. The van der Waals surface area contributed by atoms with Crippen LogP contribution in [0.2, 0.25) is 0 Å². The number of benzene rings is 2. The van der Waals surface area contributed by atoms with E-state index in [9.17, 15) is 8.78 Å². The average Bonchev–Trinajstić information content (AvgIpc) is 2.79. The molecule has 3 aromatic rings.